The van der Waals surface area contributed by atoms with E-state index in [1.165, 1.54) is 23.6 Å². The van der Waals surface area contributed by atoms with E-state index >= 15 is 0 Å². The molecule has 0 unspecified atom stereocenters. The van der Waals surface area contributed by atoms with Crippen LogP contribution in [0.25, 0.3) is 10.9 Å². The first kappa shape index (κ1) is 24.1. The van der Waals surface area contributed by atoms with Crippen molar-refractivity contribution >= 4 is 56.8 Å². The van der Waals surface area contributed by atoms with Gasteiger partial charge in [0.15, 0.2) is 11.5 Å². The number of nitrogens with one attached hydrogen (secondary N) is 2. The maximum Gasteiger partial charge on any atom is 0.292 e. The molecule has 0 atom stereocenters. The Kier molecular flexibility index (Phi) is 10.6. The summed E-state index contributed by atoms with van der Waals surface area (Å²) in [4.78, 5) is 17.8. The van der Waals surface area contributed by atoms with Gasteiger partial charge in [0.25, 0.3) is 6.47 Å². The molecule has 0 saturated carbocycles. The van der Waals surface area contributed by atoms with Gasteiger partial charge in [0.2, 0.25) is 11.8 Å². The smallest absolute Gasteiger partial charge is 0.292 e. The van der Waals surface area contributed by atoms with Crippen molar-refractivity contribution in [2.24, 2.45) is 0 Å². The minimum absolute atomic E-state index is 0.307. The van der Waals surface area contributed by atoms with Crippen LogP contribution in [-0.2, 0) is 16.0 Å². The first-order valence-corrected chi connectivity index (χ1v) is 12.6. The summed E-state index contributed by atoms with van der Waals surface area (Å²) in [5, 5.41) is 2.45. The van der Waals surface area contributed by atoms with Gasteiger partial charge in [0.05, 0.1) is 12.7 Å². The number of rotatable bonds is 5. The highest BCUT2D eigenvalue weighted by atomic mass is 127. The number of halogens is 1. The Morgan fingerprint density at radius 2 is 1.97 bits per heavy atom. The molecule has 0 fully saturated rings. The Morgan fingerprint density at radius 1 is 1.23 bits per heavy atom. The number of H-pyrrole nitrogens is 1. The molecule has 3 aromatic rings. The van der Waals surface area contributed by atoms with Crippen LogP contribution in [-0.4, -0.2) is 48.1 Å². The number of aromatic nitrogens is 1. The molecule has 4 rings (SSSR count). The van der Waals surface area contributed by atoms with Crippen LogP contribution in [0.4, 0.5) is 0 Å². The summed E-state index contributed by atoms with van der Waals surface area (Å²) in [6.45, 7) is 1.56. The van der Waals surface area contributed by atoms with Crippen LogP contribution in [0.1, 0.15) is 11.1 Å². The summed E-state index contributed by atoms with van der Waals surface area (Å²) in [6.07, 6.45) is 5.16. The number of hydrogen-bond acceptors (Lipinski definition) is 5. The molecule has 0 bridgehead atoms. The van der Waals surface area contributed by atoms with Gasteiger partial charge in [0, 0.05) is 23.5 Å². The molecule has 2 heterocycles. The van der Waals surface area contributed by atoms with Crippen LogP contribution < -0.4 is 14.5 Å². The van der Waals surface area contributed by atoms with E-state index in [2.05, 4.69) is 80.1 Å². The number of para-hydroxylation sites is 1. The van der Waals surface area contributed by atoms with Gasteiger partial charge < -0.3 is 19.2 Å². The topological polar surface area (TPSA) is 74.5 Å². The molecule has 1 aliphatic rings. The van der Waals surface area contributed by atoms with E-state index in [9.17, 15) is 0 Å². The van der Waals surface area contributed by atoms with Crippen LogP contribution >= 0.6 is 34.4 Å². The summed E-state index contributed by atoms with van der Waals surface area (Å²) in [6, 6.07) is 14.5. The van der Waals surface area contributed by atoms with Gasteiger partial charge >= 0.3 is 0 Å². The number of methoxy groups -OCH3 is 1. The van der Waals surface area contributed by atoms with Gasteiger partial charge in [-0.05, 0) is 41.0 Å². The van der Waals surface area contributed by atoms with Crippen molar-refractivity contribution in [3.05, 3.63) is 59.8 Å². The number of ether oxygens (including phenoxy) is 3. The molecule has 8 heteroatoms. The van der Waals surface area contributed by atoms with Crippen LogP contribution in [0.15, 0.2) is 48.7 Å². The fourth-order valence-electron chi connectivity index (χ4n) is 2.98. The van der Waals surface area contributed by atoms with E-state index in [0.29, 0.717) is 13.3 Å². The molecule has 0 amide bonds. The summed E-state index contributed by atoms with van der Waals surface area (Å²) in [5.74, 6) is 1.63. The molecule has 160 valence electrons. The lowest BCUT2D eigenvalue weighted by Gasteiger charge is -2.01. The van der Waals surface area contributed by atoms with Crippen LogP contribution in [0, 0.1) is 0 Å². The highest BCUT2D eigenvalue weighted by Crippen LogP contribution is 2.32. The number of benzene rings is 2. The molecule has 2 aromatic carbocycles. The second-order valence-electron chi connectivity index (χ2n) is 5.97. The SMILES string of the molecule is CI.COC=O.CSC(=[NH+]CCc1c[nH]c2ccccc12)c1ccc2c(c1)OCO2. The lowest BCUT2D eigenvalue weighted by Crippen LogP contribution is -2.73. The maximum atomic E-state index is 8.95. The molecule has 1 aliphatic heterocycles. The van der Waals surface area contributed by atoms with Gasteiger partial charge in [-0.1, -0.05) is 52.6 Å². The fraction of sp³-hybridized carbons (Fsp3) is 0.273. The van der Waals surface area contributed by atoms with E-state index in [1.54, 1.807) is 11.8 Å². The number of hydrogen-bond donors (Lipinski definition) is 2. The van der Waals surface area contributed by atoms with Crippen LogP contribution in [0.3, 0.4) is 0 Å². The standard InChI is InChI=1S/C19H18N2O2S.C2H4O2.CH3I/c1-24-19(13-6-7-17-18(10-13)23-12-22-17)20-9-8-14-11-21-16-5-3-2-4-15(14)16;1-4-2-3;1-2/h2-7,10-11,21H,8-9,12H2,1H3;2H,1H3;1H3/p+1. The quantitative estimate of drug-likeness (QED) is 0.171. The number of alkyl halides is 1. The Morgan fingerprint density at radius 3 is 2.70 bits per heavy atom. The predicted molar refractivity (Wildman–Crippen MR) is 131 cm³/mol. The number of fused-ring (bicyclic) bond motifs is 2. The zero-order valence-electron chi connectivity index (χ0n) is 17.2. The fourth-order valence-corrected chi connectivity index (χ4v) is 3.59. The van der Waals surface area contributed by atoms with E-state index in [-0.39, 0.29) is 0 Å². The number of aromatic amines is 1. The summed E-state index contributed by atoms with van der Waals surface area (Å²) in [5.41, 5.74) is 3.66. The van der Waals surface area contributed by atoms with Gasteiger partial charge in [-0.25, -0.2) is 4.99 Å². The second kappa shape index (κ2) is 13.2. The zero-order valence-corrected chi connectivity index (χ0v) is 20.2. The first-order chi connectivity index (χ1) is 14.8. The summed E-state index contributed by atoms with van der Waals surface area (Å²) < 4.78 is 14.7. The van der Waals surface area contributed by atoms with Crippen molar-refractivity contribution in [3.8, 4) is 11.5 Å². The minimum atomic E-state index is 0.307. The number of thioether (sulfide) groups is 1. The molecule has 0 radical (unpaired) electrons. The lowest BCUT2D eigenvalue weighted by molar-refractivity contribution is -0.452. The normalized spacial score (nSPS) is 11.8. The molecule has 0 saturated heterocycles. The largest absolute Gasteiger partial charge is 0.471 e. The summed E-state index contributed by atoms with van der Waals surface area (Å²) in [7, 11) is 1.31. The molecule has 2 N–H and O–H groups in total. The number of carbonyl (C=O) groups is 1. The van der Waals surface area contributed by atoms with Crippen molar-refractivity contribution in [1.29, 1.82) is 0 Å². The minimum Gasteiger partial charge on any atom is -0.471 e. The third kappa shape index (κ3) is 6.40. The molecular formula is C22H26IN2O4S+. The van der Waals surface area contributed by atoms with Crippen molar-refractivity contribution in [1.82, 2.24) is 4.98 Å². The van der Waals surface area contributed by atoms with E-state index in [0.717, 1.165) is 35.1 Å². The van der Waals surface area contributed by atoms with Gasteiger partial charge in [-0.2, -0.15) is 0 Å². The molecule has 1 aromatic heterocycles. The third-order valence-electron chi connectivity index (χ3n) is 4.29. The Bertz CT molecular complexity index is 975. The van der Waals surface area contributed by atoms with Crippen molar-refractivity contribution in [3.63, 3.8) is 0 Å². The third-order valence-corrected chi connectivity index (χ3v) is 5.08. The number of carbonyl (C=O) groups excluding carboxylic acids is 1. The Labute approximate surface area is 194 Å². The first-order valence-electron chi connectivity index (χ1n) is 9.21. The predicted octanol–water partition coefficient (Wildman–Crippen LogP) is 3.17. The van der Waals surface area contributed by atoms with Crippen molar-refractivity contribution < 1.29 is 24.0 Å². The summed E-state index contributed by atoms with van der Waals surface area (Å²) >= 11 is 3.86. The molecule has 0 spiro atoms. The van der Waals surface area contributed by atoms with Crippen molar-refractivity contribution in [2.45, 2.75) is 6.42 Å². The molecule has 6 nitrogen and oxygen atoms in total. The average molecular weight is 541 g/mol. The average Bonchev–Trinajstić information content (AvgIpc) is 3.45. The van der Waals surface area contributed by atoms with Gasteiger partial charge in [-0.15, -0.1) is 0 Å². The van der Waals surface area contributed by atoms with E-state index < -0.39 is 0 Å². The van der Waals surface area contributed by atoms with E-state index in [4.69, 9.17) is 14.3 Å². The highest BCUT2D eigenvalue weighted by molar-refractivity contribution is 14.1. The van der Waals surface area contributed by atoms with E-state index in [1.807, 2.05) is 17.1 Å². The van der Waals surface area contributed by atoms with Gasteiger partial charge in [0.1, 0.15) is 6.54 Å². The van der Waals surface area contributed by atoms with Crippen molar-refractivity contribution in [2.75, 3.05) is 31.6 Å². The lowest BCUT2D eigenvalue weighted by atomic mass is 10.1. The molecular weight excluding hydrogens is 515 g/mol. The second-order valence-corrected chi connectivity index (χ2v) is 6.79. The van der Waals surface area contributed by atoms with Gasteiger partial charge in [-0.3, -0.25) is 4.79 Å². The maximum absolute atomic E-state index is 8.95. The zero-order chi connectivity index (χ0) is 21.8. The Hall–Kier alpha value is -2.20. The molecule has 0 aliphatic carbocycles. The van der Waals surface area contributed by atoms with Crippen LogP contribution in [0.2, 0.25) is 0 Å². The Balaban J connectivity index is 0.000000481. The van der Waals surface area contributed by atoms with Crippen LogP contribution in [0.5, 0.6) is 11.5 Å². The molecule has 30 heavy (non-hydrogen) atoms. The highest BCUT2D eigenvalue weighted by Gasteiger charge is 2.17. The monoisotopic (exact) mass is 541 g/mol.